The number of ether oxygens (including phenoxy) is 2. The van der Waals surface area contributed by atoms with Crippen LogP contribution in [-0.2, 0) is 37.3 Å². The lowest BCUT2D eigenvalue weighted by Crippen LogP contribution is -2.44. The number of rotatable bonds is 8. The van der Waals surface area contributed by atoms with Crippen molar-refractivity contribution < 1.29 is 23.9 Å². The standard InChI is InChI=1S/C23H31N3O6/c1-23(2,3)32-20(28)11-13-31-12-5-6-15-7-8-16-18(14-15)25(4)22(30)26(16)17-9-10-19(27)24-21(17)29/h7-8,14,17H,5-6,9-13H2,1-4H3,(H,24,27,29). The number of carbonyl (C=O) groups excluding carboxylic acids is 3. The van der Waals surface area contributed by atoms with Crippen LogP contribution in [0, 0.1) is 0 Å². The average Bonchev–Trinajstić information content (AvgIpc) is 2.94. The molecule has 1 aliphatic rings. The number of hydrogen-bond acceptors (Lipinski definition) is 6. The van der Waals surface area contributed by atoms with Crippen molar-refractivity contribution >= 4 is 28.8 Å². The summed E-state index contributed by atoms with van der Waals surface area (Å²) in [6.07, 6.45) is 2.26. The van der Waals surface area contributed by atoms with Crippen LogP contribution >= 0.6 is 0 Å². The third-order valence-corrected chi connectivity index (χ3v) is 5.30. The van der Waals surface area contributed by atoms with Crippen LogP contribution in [0.3, 0.4) is 0 Å². The highest BCUT2D eigenvalue weighted by Crippen LogP contribution is 2.24. The average molecular weight is 446 g/mol. The maximum absolute atomic E-state index is 12.8. The van der Waals surface area contributed by atoms with Crippen molar-refractivity contribution in [1.29, 1.82) is 0 Å². The van der Waals surface area contributed by atoms with Gasteiger partial charge in [-0.15, -0.1) is 0 Å². The molecule has 1 aliphatic heterocycles. The van der Waals surface area contributed by atoms with Gasteiger partial charge in [-0.3, -0.25) is 28.8 Å². The van der Waals surface area contributed by atoms with E-state index in [-0.39, 0.29) is 30.4 Å². The fourth-order valence-corrected chi connectivity index (χ4v) is 3.82. The number of hydrogen-bond donors (Lipinski definition) is 1. The van der Waals surface area contributed by atoms with Crippen LogP contribution in [0.5, 0.6) is 0 Å². The zero-order valence-corrected chi connectivity index (χ0v) is 19.1. The Bertz CT molecular complexity index is 1080. The molecule has 0 radical (unpaired) electrons. The number of benzene rings is 1. The van der Waals surface area contributed by atoms with Crippen LogP contribution in [-0.4, -0.2) is 45.7 Å². The molecule has 1 atom stereocenters. The Kier molecular flexibility index (Phi) is 7.18. The Hall–Kier alpha value is -2.94. The SMILES string of the molecule is Cn1c(=O)n(C2CCC(=O)NC2=O)c2ccc(CCCOCCC(=O)OC(C)(C)C)cc21. The van der Waals surface area contributed by atoms with Gasteiger partial charge in [0.15, 0.2) is 0 Å². The van der Waals surface area contributed by atoms with Crippen LogP contribution in [0.4, 0.5) is 0 Å². The van der Waals surface area contributed by atoms with Crippen molar-refractivity contribution in [2.45, 2.75) is 64.5 Å². The Balaban J connectivity index is 1.58. The van der Waals surface area contributed by atoms with Crippen molar-refractivity contribution in [3.05, 3.63) is 34.2 Å². The van der Waals surface area contributed by atoms with Crippen LogP contribution in [0.15, 0.2) is 23.0 Å². The number of piperidine rings is 1. The normalized spacial score (nSPS) is 16.9. The maximum Gasteiger partial charge on any atom is 0.329 e. The molecule has 32 heavy (non-hydrogen) atoms. The topological polar surface area (TPSA) is 109 Å². The number of nitrogens with zero attached hydrogens (tertiary/aromatic N) is 2. The highest BCUT2D eigenvalue weighted by atomic mass is 16.6. The molecule has 0 bridgehead atoms. The van der Waals surface area contributed by atoms with E-state index in [1.54, 1.807) is 7.05 Å². The molecule has 1 aromatic carbocycles. The van der Waals surface area contributed by atoms with E-state index in [1.807, 2.05) is 39.0 Å². The van der Waals surface area contributed by atoms with Gasteiger partial charge in [-0.1, -0.05) is 6.07 Å². The Labute approximate surface area is 186 Å². The molecule has 1 fully saturated rings. The number of nitrogens with one attached hydrogen (secondary N) is 1. The molecule has 1 saturated heterocycles. The number of fused-ring (bicyclic) bond motifs is 1. The van der Waals surface area contributed by atoms with E-state index in [2.05, 4.69) is 5.32 Å². The third-order valence-electron chi connectivity index (χ3n) is 5.30. The summed E-state index contributed by atoms with van der Waals surface area (Å²) in [5.41, 5.74) is 1.68. The minimum atomic E-state index is -0.687. The fraction of sp³-hybridized carbons (Fsp3) is 0.565. The zero-order valence-electron chi connectivity index (χ0n) is 19.1. The largest absolute Gasteiger partial charge is 0.460 e. The van der Waals surface area contributed by atoms with E-state index in [1.165, 1.54) is 9.13 Å². The van der Waals surface area contributed by atoms with Gasteiger partial charge in [-0.25, -0.2) is 4.79 Å². The van der Waals surface area contributed by atoms with Crippen molar-refractivity contribution in [2.24, 2.45) is 7.05 Å². The lowest BCUT2D eigenvalue weighted by atomic mass is 10.1. The van der Waals surface area contributed by atoms with Crippen LogP contribution < -0.4 is 11.0 Å². The number of carbonyl (C=O) groups is 3. The molecule has 3 rings (SSSR count). The fourth-order valence-electron chi connectivity index (χ4n) is 3.82. The summed E-state index contributed by atoms with van der Waals surface area (Å²) in [4.78, 5) is 48.2. The molecule has 9 nitrogen and oxygen atoms in total. The lowest BCUT2D eigenvalue weighted by Gasteiger charge is -2.21. The molecule has 1 N–H and O–H groups in total. The van der Waals surface area contributed by atoms with Gasteiger partial charge < -0.3 is 9.47 Å². The van der Waals surface area contributed by atoms with Crippen molar-refractivity contribution in [1.82, 2.24) is 14.5 Å². The second-order valence-electron chi connectivity index (χ2n) is 9.05. The first kappa shape index (κ1) is 23.7. The molecule has 2 amide bonds. The molecule has 2 heterocycles. The maximum atomic E-state index is 12.8. The van der Waals surface area contributed by atoms with E-state index in [0.717, 1.165) is 23.9 Å². The predicted molar refractivity (Wildman–Crippen MR) is 118 cm³/mol. The Morgan fingerprint density at radius 1 is 1.16 bits per heavy atom. The van der Waals surface area contributed by atoms with Gasteiger partial charge in [-0.2, -0.15) is 0 Å². The van der Waals surface area contributed by atoms with Gasteiger partial charge in [0.25, 0.3) is 0 Å². The zero-order chi connectivity index (χ0) is 23.5. The molecule has 1 unspecified atom stereocenters. The second-order valence-corrected chi connectivity index (χ2v) is 9.05. The van der Waals surface area contributed by atoms with E-state index < -0.39 is 17.6 Å². The van der Waals surface area contributed by atoms with Gasteiger partial charge in [0.05, 0.1) is 24.1 Å². The first-order valence-electron chi connectivity index (χ1n) is 10.9. The van der Waals surface area contributed by atoms with Gasteiger partial charge in [-0.05, 0) is 57.7 Å². The van der Waals surface area contributed by atoms with Crippen LogP contribution in [0.2, 0.25) is 0 Å². The quantitative estimate of drug-likeness (QED) is 0.378. The van der Waals surface area contributed by atoms with Gasteiger partial charge in [0.1, 0.15) is 11.6 Å². The van der Waals surface area contributed by atoms with E-state index in [9.17, 15) is 19.2 Å². The minimum absolute atomic E-state index is 0.214. The summed E-state index contributed by atoms with van der Waals surface area (Å²) in [7, 11) is 1.68. The third kappa shape index (κ3) is 5.64. The highest BCUT2D eigenvalue weighted by molar-refractivity contribution is 6.00. The van der Waals surface area contributed by atoms with Crippen LogP contribution in [0.25, 0.3) is 11.0 Å². The predicted octanol–water partition coefficient (Wildman–Crippen LogP) is 2.00. The molecule has 9 heteroatoms. The summed E-state index contributed by atoms with van der Waals surface area (Å²) < 4.78 is 13.8. The molecule has 174 valence electrons. The number of imidazole rings is 1. The van der Waals surface area contributed by atoms with E-state index in [0.29, 0.717) is 25.2 Å². The summed E-state index contributed by atoms with van der Waals surface area (Å²) in [6, 6.07) is 5.04. The molecule has 2 aromatic rings. The number of amides is 2. The van der Waals surface area contributed by atoms with Crippen molar-refractivity contribution in [3.63, 3.8) is 0 Å². The smallest absolute Gasteiger partial charge is 0.329 e. The number of esters is 1. The van der Waals surface area contributed by atoms with E-state index >= 15 is 0 Å². The monoisotopic (exact) mass is 445 g/mol. The minimum Gasteiger partial charge on any atom is -0.460 e. The van der Waals surface area contributed by atoms with Crippen molar-refractivity contribution in [3.8, 4) is 0 Å². The second kappa shape index (κ2) is 9.68. The number of aromatic nitrogens is 2. The molecule has 0 aliphatic carbocycles. The number of aryl methyl sites for hydroxylation is 2. The molecule has 0 spiro atoms. The molecular weight excluding hydrogens is 414 g/mol. The van der Waals surface area contributed by atoms with Gasteiger partial charge >= 0.3 is 11.7 Å². The molecule has 0 saturated carbocycles. The van der Waals surface area contributed by atoms with Crippen LogP contribution in [0.1, 0.15) is 58.1 Å². The summed E-state index contributed by atoms with van der Waals surface area (Å²) in [6.45, 7) is 6.32. The summed E-state index contributed by atoms with van der Waals surface area (Å²) >= 11 is 0. The number of imide groups is 1. The lowest BCUT2D eigenvalue weighted by molar-refractivity contribution is -0.156. The summed E-state index contributed by atoms with van der Waals surface area (Å²) in [5.74, 6) is -1.03. The van der Waals surface area contributed by atoms with E-state index in [4.69, 9.17) is 9.47 Å². The first-order valence-corrected chi connectivity index (χ1v) is 10.9. The van der Waals surface area contributed by atoms with Gasteiger partial charge in [0, 0.05) is 20.1 Å². The Morgan fingerprint density at radius 2 is 1.91 bits per heavy atom. The summed E-state index contributed by atoms with van der Waals surface area (Å²) in [5, 5.41) is 2.31. The van der Waals surface area contributed by atoms with Gasteiger partial charge in [0.2, 0.25) is 11.8 Å². The first-order chi connectivity index (χ1) is 15.1. The van der Waals surface area contributed by atoms with Crippen molar-refractivity contribution in [2.75, 3.05) is 13.2 Å². The molecular formula is C23H31N3O6. The molecule has 1 aromatic heterocycles. The Morgan fingerprint density at radius 3 is 2.59 bits per heavy atom. The highest BCUT2D eigenvalue weighted by Gasteiger charge is 2.31.